The molecule has 1 atom stereocenters. The van der Waals surface area contributed by atoms with E-state index >= 15 is 0 Å². The molecule has 126 valence electrons. The maximum Gasteiger partial charge on any atom is 0.251 e. The Balaban J connectivity index is 1.65. The summed E-state index contributed by atoms with van der Waals surface area (Å²) in [7, 11) is 2.02. The minimum Gasteiger partial charge on any atom is -0.508 e. The first-order chi connectivity index (χ1) is 11.4. The van der Waals surface area contributed by atoms with Gasteiger partial charge in [0.15, 0.2) is 0 Å². The zero-order valence-electron chi connectivity index (χ0n) is 13.2. The lowest BCUT2D eigenvalue weighted by atomic mass is 9.94. The van der Waals surface area contributed by atoms with Crippen molar-refractivity contribution in [3.05, 3.63) is 63.1 Å². The van der Waals surface area contributed by atoms with E-state index in [1.807, 2.05) is 13.1 Å². The summed E-state index contributed by atoms with van der Waals surface area (Å²) in [6, 6.07) is 10.5. The Morgan fingerprint density at radius 3 is 2.75 bits per heavy atom. The molecule has 2 aromatic rings. The molecule has 1 aliphatic rings. The molecule has 2 aromatic carbocycles. The topological polar surface area (TPSA) is 52.6 Å². The van der Waals surface area contributed by atoms with Gasteiger partial charge in [0.2, 0.25) is 0 Å². The zero-order chi connectivity index (χ0) is 17.3. The fourth-order valence-corrected chi connectivity index (χ4v) is 3.24. The highest BCUT2D eigenvalue weighted by Gasteiger charge is 2.24. The van der Waals surface area contributed by atoms with Crippen molar-refractivity contribution in [3.63, 3.8) is 0 Å². The van der Waals surface area contributed by atoms with E-state index in [0.29, 0.717) is 22.2 Å². The number of carbonyl (C=O) groups is 1. The number of phenolic OH excluding ortho intramolecular Hbond substituents is 1. The molecule has 0 spiro atoms. The first-order valence-electron chi connectivity index (χ1n) is 7.68. The van der Waals surface area contributed by atoms with Crippen LogP contribution in [0.5, 0.6) is 5.75 Å². The predicted molar refractivity (Wildman–Crippen MR) is 95.9 cm³/mol. The van der Waals surface area contributed by atoms with Crippen LogP contribution >= 0.6 is 23.2 Å². The minimum absolute atomic E-state index is 0.168. The molecule has 4 nitrogen and oxygen atoms in total. The van der Waals surface area contributed by atoms with Crippen LogP contribution in [0.15, 0.2) is 36.4 Å². The van der Waals surface area contributed by atoms with Gasteiger partial charge in [-0.15, -0.1) is 0 Å². The van der Waals surface area contributed by atoms with Crippen LogP contribution in [0.25, 0.3) is 0 Å². The van der Waals surface area contributed by atoms with Crippen LogP contribution in [-0.4, -0.2) is 35.5 Å². The van der Waals surface area contributed by atoms with Gasteiger partial charge in [0, 0.05) is 24.7 Å². The van der Waals surface area contributed by atoms with Gasteiger partial charge in [0.05, 0.1) is 10.0 Å². The number of carbonyl (C=O) groups excluding carboxylic acids is 1. The van der Waals surface area contributed by atoms with Crippen LogP contribution < -0.4 is 5.32 Å². The molecule has 24 heavy (non-hydrogen) atoms. The minimum atomic E-state index is -0.168. The van der Waals surface area contributed by atoms with Crippen molar-refractivity contribution < 1.29 is 9.90 Å². The molecule has 0 radical (unpaired) electrons. The van der Waals surface area contributed by atoms with E-state index in [4.69, 9.17) is 23.2 Å². The average Bonchev–Trinajstić information content (AvgIpc) is 2.55. The third kappa shape index (κ3) is 3.66. The molecule has 0 saturated carbocycles. The number of benzene rings is 2. The summed E-state index contributed by atoms with van der Waals surface area (Å²) in [5, 5.41) is 13.3. The van der Waals surface area contributed by atoms with Gasteiger partial charge in [-0.25, -0.2) is 0 Å². The molecule has 2 N–H and O–H groups in total. The Kier molecular flexibility index (Phi) is 4.99. The Hall–Kier alpha value is -1.75. The summed E-state index contributed by atoms with van der Waals surface area (Å²) in [4.78, 5) is 14.5. The number of fused-ring (bicyclic) bond motifs is 1. The van der Waals surface area contributed by atoms with Gasteiger partial charge >= 0.3 is 0 Å². The normalized spacial score (nSPS) is 17.4. The second-order valence-electron chi connectivity index (χ2n) is 6.06. The summed E-state index contributed by atoms with van der Waals surface area (Å²) in [6.45, 7) is 1.28. The van der Waals surface area contributed by atoms with Crippen LogP contribution in [0.3, 0.4) is 0 Å². The Bertz CT molecular complexity index is 780. The SMILES string of the molecule is CN1Cc2cc(O)ccc2C[C@H]1CNC(=O)c1ccc(Cl)c(Cl)c1. The number of amides is 1. The van der Waals surface area contributed by atoms with Gasteiger partial charge in [-0.2, -0.15) is 0 Å². The molecule has 6 heteroatoms. The van der Waals surface area contributed by atoms with Gasteiger partial charge in [-0.05, 0) is 54.9 Å². The lowest BCUT2D eigenvalue weighted by Crippen LogP contribution is -2.45. The number of rotatable bonds is 3. The van der Waals surface area contributed by atoms with Gasteiger partial charge in [0.1, 0.15) is 5.75 Å². The summed E-state index contributed by atoms with van der Waals surface area (Å²) in [5.74, 6) is 0.118. The molecule has 1 heterocycles. The van der Waals surface area contributed by atoms with E-state index in [1.165, 1.54) is 5.56 Å². The monoisotopic (exact) mass is 364 g/mol. The van der Waals surface area contributed by atoms with Gasteiger partial charge < -0.3 is 10.4 Å². The number of nitrogens with zero attached hydrogens (tertiary/aromatic N) is 1. The molecule has 1 aliphatic heterocycles. The first-order valence-corrected chi connectivity index (χ1v) is 8.44. The predicted octanol–water partition coefficient (Wildman–Crippen LogP) is 3.49. The standard InChI is InChI=1S/C18H18Cl2N2O2/c1-22-10-13-7-15(23)4-2-11(13)6-14(22)9-21-18(24)12-3-5-16(19)17(20)8-12/h2-5,7-8,14,23H,6,9-10H2,1H3,(H,21,24)/t14-/m0/s1. The maximum absolute atomic E-state index is 12.3. The number of halogens is 2. The lowest BCUT2D eigenvalue weighted by molar-refractivity contribution is 0.0934. The highest BCUT2D eigenvalue weighted by Crippen LogP contribution is 2.26. The van der Waals surface area contributed by atoms with Crippen molar-refractivity contribution in [1.82, 2.24) is 10.2 Å². The molecule has 3 rings (SSSR count). The van der Waals surface area contributed by atoms with Crippen molar-refractivity contribution in [2.75, 3.05) is 13.6 Å². The number of hydrogen-bond acceptors (Lipinski definition) is 3. The van der Waals surface area contributed by atoms with Crippen molar-refractivity contribution in [2.24, 2.45) is 0 Å². The summed E-state index contributed by atoms with van der Waals surface area (Å²) in [6.07, 6.45) is 0.827. The first kappa shape index (κ1) is 17.1. The Morgan fingerprint density at radius 2 is 2.00 bits per heavy atom. The molecule has 0 bridgehead atoms. The summed E-state index contributed by atoms with van der Waals surface area (Å²) in [5.41, 5.74) is 2.83. The quantitative estimate of drug-likeness (QED) is 0.876. The largest absolute Gasteiger partial charge is 0.508 e. The van der Waals surface area contributed by atoms with E-state index in [2.05, 4.69) is 10.2 Å². The smallest absolute Gasteiger partial charge is 0.251 e. The molecular formula is C18H18Cl2N2O2. The third-order valence-corrected chi connectivity index (χ3v) is 5.11. The van der Waals surface area contributed by atoms with Crippen LogP contribution in [0, 0.1) is 0 Å². The van der Waals surface area contributed by atoms with Gasteiger partial charge in [-0.3, -0.25) is 9.69 Å². The van der Waals surface area contributed by atoms with E-state index in [1.54, 1.807) is 30.3 Å². The van der Waals surface area contributed by atoms with E-state index in [0.717, 1.165) is 18.5 Å². The van der Waals surface area contributed by atoms with Crippen molar-refractivity contribution >= 4 is 29.1 Å². The van der Waals surface area contributed by atoms with E-state index in [-0.39, 0.29) is 17.7 Å². The highest BCUT2D eigenvalue weighted by atomic mass is 35.5. The van der Waals surface area contributed by atoms with Crippen LogP contribution in [0.2, 0.25) is 10.0 Å². The fourth-order valence-electron chi connectivity index (χ4n) is 2.94. The zero-order valence-corrected chi connectivity index (χ0v) is 14.7. The summed E-state index contributed by atoms with van der Waals surface area (Å²) >= 11 is 11.8. The maximum atomic E-state index is 12.3. The molecule has 0 fully saturated rings. The van der Waals surface area contributed by atoms with Crippen LogP contribution in [0.1, 0.15) is 21.5 Å². The number of phenols is 1. The second-order valence-corrected chi connectivity index (χ2v) is 6.88. The molecule has 0 saturated heterocycles. The molecule has 0 aromatic heterocycles. The third-order valence-electron chi connectivity index (χ3n) is 4.37. The lowest BCUT2D eigenvalue weighted by Gasteiger charge is -2.34. The second kappa shape index (κ2) is 7.01. The van der Waals surface area contributed by atoms with Crippen LogP contribution in [-0.2, 0) is 13.0 Å². The summed E-state index contributed by atoms with van der Waals surface area (Å²) < 4.78 is 0. The van der Waals surface area contributed by atoms with Gasteiger partial charge in [-0.1, -0.05) is 29.3 Å². The van der Waals surface area contributed by atoms with Crippen molar-refractivity contribution in [1.29, 1.82) is 0 Å². The van der Waals surface area contributed by atoms with E-state index < -0.39 is 0 Å². The van der Waals surface area contributed by atoms with Crippen molar-refractivity contribution in [3.8, 4) is 5.75 Å². The Labute approximate surface area is 151 Å². The van der Waals surface area contributed by atoms with E-state index in [9.17, 15) is 9.90 Å². The molecule has 1 amide bonds. The number of likely N-dealkylation sites (N-methyl/N-ethyl adjacent to an activating group) is 1. The van der Waals surface area contributed by atoms with Crippen LogP contribution in [0.4, 0.5) is 0 Å². The molecule has 0 aliphatic carbocycles. The highest BCUT2D eigenvalue weighted by molar-refractivity contribution is 6.42. The van der Waals surface area contributed by atoms with Crippen molar-refractivity contribution in [2.45, 2.75) is 19.0 Å². The molecule has 0 unspecified atom stereocenters. The van der Waals surface area contributed by atoms with Gasteiger partial charge in [0.25, 0.3) is 5.91 Å². The Morgan fingerprint density at radius 1 is 1.21 bits per heavy atom. The number of nitrogens with one attached hydrogen (secondary N) is 1. The average molecular weight is 365 g/mol. The molecular weight excluding hydrogens is 347 g/mol. The number of aromatic hydroxyl groups is 1. The number of hydrogen-bond donors (Lipinski definition) is 2. The fraction of sp³-hybridized carbons (Fsp3) is 0.278.